The average molecular weight is 493 g/mol. The first-order valence-electron chi connectivity index (χ1n) is 9.08. The van der Waals surface area contributed by atoms with Gasteiger partial charge in [-0.2, -0.15) is 0 Å². The quantitative estimate of drug-likeness (QED) is 0.315. The van der Waals surface area contributed by atoms with Crippen LogP contribution in [0, 0.1) is 5.41 Å². The predicted molar refractivity (Wildman–Crippen MR) is 120 cm³/mol. The molecule has 1 aromatic rings. The van der Waals surface area contributed by atoms with E-state index in [1.54, 1.807) is 0 Å². The zero-order valence-corrected chi connectivity index (χ0v) is 19.1. The van der Waals surface area contributed by atoms with E-state index in [-0.39, 0.29) is 35.8 Å². The Morgan fingerprint density at radius 1 is 1.27 bits per heavy atom. The fraction of sp³-hybridized carbons (Fsp3) is 0.632. The van der Waals surface area contributed by atoms with Crippen LogP contribution in [0.15, 0.2) is 35.3 Å². The van der Waals surface area contributed by atoms with Gasteiger partial charge in [0.05, 0.1) is 5.75 Å². The number of benzene rings is 1. The van der Waals surface area contributed by atoms with E-state index in [0.29, 0.717) is 11.8 Å². The van der Waals surface area contributed by atoms with Gasteiger partial charge in [-0.05, 0) is 50.5 Å². The minimum atomic E-state index is -2.93. The summed E-state index contributed by atoms with van der Waals surface area (Å²) < 4.78 is 22.6. The zero-order chi connectivity index (χ0) is 18.3. The molecule has 1 saturated carbocycles. The van der Waals surface area contributed by atoms with Crippen LogP contribution in [0.4, 0.5) is 0 Å². The van der Waals surface area contributed by atoms with Gasteiger partial charge in [0.15, 0.2) is 5.96 Å². The molecule has 7 heteroatoms. The maximum absolute atomic E-state index is 11.3. The Labute approximate surface area is 175 Å². The van der Waals surface area contributed by atoms with Gasteiger partial charge in [-0.1, -0.05) is 30.3 Å². The molecule has 0 amide bonds. The van der Waals surface area contributed by atoms with Crippen molar-refractivity contribution >= 4 is 39.8 Å². The Morgan fingerprint density at radius 3 is 2.46 bits per heavy atom. The van der Waals surface area contributed by atoms with E-state index < -0.39 is 9.84 Å². The van der Waals surface area contributed by atoms with Crippen LogP contribution in [0.25, 0.3) is 0 Å². The summed E-state index contributed by atoms with van der Waals surface area (Å²) in [4.78, 5) is 4.77. The lowest BCUT2D eigenvalue weighted by molar-refractivity contribution is 0.517. The summed E-state index contributed by atoms with van der Waals surface area (Å²) in [5, 5.41) is 6.59. The molecular weight excluding hydrogens is 461 g/mol. The van der Waals surface area contributed by atoms with Crippen LogP contribution in [0.5, 0.6) is 0 Å². The Bertz CT molecular complexity index is 673. The number of nitrogens with one attached hydrogen (secondary N) is 2. The molecule has 148 valence electrons. The van der Waals surface area contributed by atoms with Gasteiger partial charge in [0, 0.05) is 25.4 Å². The van der Waals surface area contributed by atoms with Crippen LogP contribution in [0.3, 0.4) is 0 Å². The Kier molecular flexibility index (Phi) is 9.36. The number of hydrogen-bond acceptors (Lipinski definition) is 3. The predicted octanol–water partition coefficient (Wildman–Crippen LogP) is 3.01. The molecule has 1 aromatic carbocycles. The first-order chi connectivity index (χ1) is 11.8. The molecule has 2 rings (SSSR count). The average Bonchev–Trinajstić information content (AvgIpc) is 3.31. The second-order valence-electron chi connectivity index (χ2n) is 7.32. The van der Waals surface area contributed by atoms with E-state index in [2.05, 4.69) is 34.9 Å². The zero-order valence-electron chi connectivity index (χ0n) is 16.0. The molecule has 0 heterocycles. The van der Waals surface area contributed by atoms with E-state index in [1.807, 2.05) is 19.9 Å². The lowest BCUT2D eigenvalue weighted by atomic mass is 9.97. The topological polar surface area (TPSA) is 70.6 Å². The first-order valence-corrected chi connectivity index (χ1v) is 11.1. The molecule has 26 heavy (non-hydrogen) atoms. The van der Waals surface area contributed by atoms with Gasteiger partial charge in [-0.3, -0.25) is 4.99 Å². The fourth-order valence-corrected chi connectivity index (χ4v) is 3.64. The van der Waals surface area contributed by atoms with Gasteiger partial charge in [0.1, 0.15) is 9.84 Å². The number of hydrogen-bond donors (Lipinski definition) is 2. The highest BCUT2D eigenvalue weighted by Crippen LogP contribution is 2.48. The molecular formula is C19H32IN3O2S. The van der Waals surface area contributed by atoms with Crippen LogP contribution in [-0.4, -0.2) is 45.5 Å². The first kappa shape index (κ1) is 23.2. The molecule has 0 saturated heterocycles. The number of guanidine groups is 1. The second kappa shape index (κ2) is 10.5. The van der Waals surface area contributed by atoms with E-state index in [0.717, 1.165) is 25.5 Å². The van der Waals surface area contributed by atoms with Crippen molar-refractivity contribution in [3.05, 3.63) is 35.9 Å². The highest BCUT2D eigenvalue weighted by atomic mass is 127. The molecule has 1 fully saturated rings. The molecule has 0 aromatic heterocycles. The molecule has 5 nitrogen and oxygen atoms in total. The number of aliphatic imine (C=N–C) groups is 1. The summed E-state index contributed by atoms with van der Waals surface area (Å²) in [5.74, 6) is 0.973. The van der Waals surface area contributed by atoms with Crippen molar-refractivity contribution in [3.63, 3.8) is 0 Å². The number of nitrogens with zero attached hydrogens (tertiary/aromatic N) is 1. The minimum absolute atomic E-state index is 0. The van der Waals surface area contributed by atoms with Crippen LogP contribution < -0.4 is 10.6 Å². The van der Waals surface area contributed by atoms with Crippen molar-refractivity contribution in [1.29, 1.82) is 0 Å². The summed E-state index contributed by atoms with van der Waals surface area (Å²) in [6, 6.07) is 10.7. The molecule has 0 bridgehead atoms. The van der Waals surface area contributed by atoms with Crippen molar-refractivity contribution in [1.82, 2.24) is 10.6 Å². The van der Waals surface area contributed by atoms with Gasteiger partial charge in [-0.25, -0.2) is 8.42 Å². The lowest BCUT2D eigenvalue weighted by Gasteiger charge is -2.19. The molecule has 0 aliphatic heterocycles. The van der Waals surface area contributed by atoms with Crippen molar-refractivity contribution < 1.29 is 8.42 Å². The maximum Gasteiger partial charge on any atom is 0.191 e. The second-order valence-corrected chi connectivity index (χ2v) is 9.58. The Hall–Kier alpha value is -0.830. The largest absolute Gasteiger partial charge is 0.357 e. The minimum Gasteiger partial charge on any atom is -0.357 e. The molecule has 0 spiro atoms. The Morgan fingerprint density at radius 2 is 1.92 bits per heavy atom. The van der Waals surface area contributed by atoms with E-state index >= 15 is 0 Å². The van der Waals surface area contributed by atoms with Gasteiger partial charge in [0.2, 0.25) is 0 Å². The summed E-state index contributed by atoms with van der Waals surface area (Å²) in [7, 11) is -2.93. The van der Waals surface area contributed by atoms with Gasteiger partial charge in [0.25, 0.3) is 0 Å². The van der Waals surface area contributed by atoms with Crippen LogP contribution in [-0.2, 0) is 16.3 Å². The van der Waals surface area contributed by atoms with Crippen LogP contribution in [0.2, 0.25) is 0 Å². The molecule has 1 atom stereocenters. The van der Waals surface area contributed by atoms with Gasteiger partial charge < -0.3 is 10.6 Å². The highest BCUT2D eigenvalue weighted by molar-refractivity contribution is 14.0. The number of sulfone groups is 1. The third kappa shape index (κ3) is 8.70. The summed E-state index contributed by atoms with van der Waals surface area (Å²) >= 11 is 0. The SMILES string of the molecule is CCNC(=NCC1(Cc2ccccc2)CC1)NC(C)CCS(C)(=O)=O.I. The molecule has 1 unspecified atom stereocenters. The standard InChI is InChI=1S/C19H31N3O2S.HI/c1-4-20-18(22-16(2)10-13-25(3,23)24)21-15-19(11-12-19)14-17-8-6-5-7-9-17;/h5-9,16H,4,10-15H2,1-3H3,(H2,20,21,22);1H. The van der Waals surface area contributed by atoms with E-state index in [1.165, 1.54) is 24.7 Å². The number of halogens is 1. The molecule has 2 N–H and O–H groups in total. The van der Waals surface area contributed by atoms with E-state index in [9.17, 15) is 8.42 Å². The molecule has 1 aliphatic carbocycles. The summed E-state index contributed by atoms with van der Waals surface area (Å²) in [6.45, 7) is 5.62. The molecule has 1 aliphatic rings. The third-order valence-electron chi connectivity index (χ3n) is 4.60. The van der Waals surface area contributed by atoms with Gasteiger partial charge >= 0.3 is 0 Å². The lowest BCUT2D eigenvalue weighted by Crippen LogP contribution is -2.43. The van der Waals surface area contributed by atoms with Crippen LogP contribution in [0.1, 0.15) is 38.7 Å². The summed E-state index contributed by atoms with van der Waals surface area (Å²) in [6.07, 6.45) is 5.36. The highest BCUT2D eigenvalue weighted by Gasteiger charge is 2.42. The van der Waals surface area contributed by atoms with Crippen molar-refractivity contribution in [2.24, 2.45) is 10.4 Å². The van der Waals surface area contributed by atoms with E-state index in [4.69, 9.17) is 4.99 Å². The Balaban J connectivity index is 0.00000338. The number of rotatable bonds is 9. The molecule has 0 radical (unpaired) electrons. The third-order valence-corrected chi connectivity index (χ3v) is 5.58. The summed E-state index contributed by atoms with van der Waals surface area (Å²) in [5.41, 5.74) is 1.66. The van der Waals surface area contributed by atoms with Crippen molar-refractivity contribution in [3.8, 4) is 0 Å². The fourth-order valence-electron chi connectivity index (χ4n) is 2.86. The smallest absolute Gasteiger partial charge is 0.191 e. The maximum atomic E-state index is 11.3. The van der Waals surface area contributed by atoms with Gasteiger partial charge in [-0.15, -0.1) is 24.0 Å². The monoisotopic (exact) mass is 493 g/mol. The van der Waals surface area contributed by atoms with Crippen molar-refractivity contribution in [2.75, 3.05) is 25.1 Å². The normalized spacial score (nSPS) is 17.1. The van der Waals surface area contributed by atoms with Crippen LogP contribution >= 0.6 is 24.0 Å². The van der Waals surface area contributed by atoms with Crippen molar-refractivity contribution in [2.45, 2.75) is 45.6 Å².